The molecule has 1 aromatic rings. The molecule has 0 saturated carbocycles. The Bertz CT molecular complexity index is 767. The summed E-state index contributed by atoms with van der Waals surface area (Å²) >= 11 is 0. The predicted molar refractivity (Wildman–Crippen MR) is 79.6 cm³/mol. The van der Waals surface area contributed by atoms with E-state index in [0.29, 0.717) is 0 Å². The molecule has 1 aromatic carbocycles. The fourth-order valence-electron chi connectivity index (χ4n) is 4.03. The largest absolute Gasteiger partial charge is 0.359 e. The third kappa shape index (κ3) is 1.62. The van der Waals surface area contributed by atoms with Crippen molar-refractivity contribution in [1.29, 1.82) is 0 Å². The molecular formula is C16H14N2O5. The molecule has 0 unspecified atom stereocenters. The Morgan fingerprint density at radius 3 is 2.22 bits per heavy atom. The summed E-state index contributed by atoms with van der Waals surface area (Å²) in [7, 11) is 0. The van der Waals surface area contributed by atoms with Gasteiger partial charge in [-0.05, 0) is 19.9 Å². The lowest BCUT2D eigenvalue weighted by molar-refractivity contribution is -0.384. The van der Waals surface area contributed by atoms with Crippen LogP contribution < -0.4 is 4.90 Å². The number of hydrogen-bond acceptors (Lipinski definition) is 5. The number of carbonyl (C=O) groups is 2. The van der Waals surface area contributed by atoms with Gasteiger partial charge in [-0.2, -0.15) is 0 Å². The zero-order valence-electron chi connectivity index (χ0n) is 12.6. The third-order valence-electron chi connectivity index (χ3n) is 5.03. The van der Waals surface area contributed by atoms with Gasteiger partial charge in [0.05, 0.1) is 33.6 Å². The molecule has 3 aliphatic rings. The summed E-state index contributed by atoms with van der Waals surface area (Å²) < 4.78 is 5.91. The second kappa shape index (κ2) is 4.05. The number of amides is 2. The highest BCUT2D eigenvalue weighted by Crippen LogP contribution is 2.57. The molecule has 2 saturated heterocycles. The Morgan fingerprint density at radius 1 is 1.13 bits per heavy atom. The maximum atomic E-state index is 12.8. The number of non-ortho nitro benzene ring substituents is 1. The smallest absolute Gasteiger partial charge is 0.271 e. The number of hydrogen-bond donors (Lipinski definition) is 0. The number of nitro groups is 1. The zero-order chi connectivity index (χ0) is 16.6. The Morgan fingerprint density at radius 2 is 1.70 bits per heavy atom. The van der Waals surface area contributed by atoms with Gasteiger partial charge in [0.15, 0.2) is 0 Å². The van der Waals surface area contributed by atoms with Crippen LogP contribution in [0.15, 0.2) is 36.4 Å². The summed E-state index contributed by atoms with van der Waals surface area (Å²) in [4.78, 5) is 37.1. The second-order valence-corrected chi connectivity index (χ2v) is 6.55. The van der Waals surface area contributed by atoms with Gasteiger partial charge in [0.2, 0.25) is 11.8 Å². The van der Waals surface area contributed by atoms with Gasteiger partial charge in [0, 0.05) is 12.1 Å². The molecule has 23 heavy (non-hydrogen) atoms. The van der Waals surface area contributed by atoms with E-state index in [4.69, 9.17) is 4.74 Å². The summed E-state index contributed by atoms with van der Waals surface area (Å²) in [6.45, 7) is 3.59. The molecule has 4 rings (SSSR count). The Hall–Kier alpha value is -2.54. The third-order valence-corrected chi connectivity index (χ3v) is 5.03. The van der Waals surface area contributed by atoms with E-state index in [1.165, 1.54) is 24.3 Å². The lowest BCUT2D eigenvalue weighted by Crippen LogP contribution is -2.39. The predicted octanol–water partition coefficient (Wildman–Crippen LogP) is 1.82. The van der Waals surface area contributed by atoms with Crippen molar-refractivity contribution in [2.45, 2.75) is 25.0 Å². The van der Waals surface area contributed by atoms with E-state index < -0.39 is 28.0 Å². The van der Waals surface area contributed by atoms with Gasteiger partial charge < -0.3 is 4.74 Å². The van der Waals surface area contributed by atoms with Crippen molar-refractivity contribution >= 4 is 23.2 Å². The number of rotatable bonds is 2. The Labute approximate surface area is 131 Å². The van der Waals surface area contributed by atoms with Crippen molar-refractivity contribution in [3.8, 4) is 0 Å². The summed E-state index contributed by atoms with van der Waals surface area (Å²) in [5.41, 5.74) is -1.53. The molecule has 3 heterocycles. The molecule has 0 aliphatic carbocycles. The van der Waals surface area contributed by atoms with Gasteiger partial charge in [-0.1, -0.05) is 18.2 Å². The summed E-state index contributed by atoms with van der Waals surface area (Å²) in [6, 6.07) is 5.57. The van der Waals surface area contributed by atoms with Crippen LogP contribution in [0, 0.1) is 22.0 Å². The minimum absolute atomic E-state index is 0.157. The Balaban J connectivity index is 1.79. The average Bonchev–Trinajstić information content (AvgIpc) is 3.04. The monoisotopic (exact) mass is 314 g/mol. The number of anilines is 1. The molecule has 2 amide bonds. The first kappa shape index (κ1) is 14.1. The second-order valence-electron chi connectivity index (χ2n) is 6.55. The van der Waals surface area contributed by atoms with Crippen molar-refractivity contribution in [2.24, 2.45) is 11.8 Å². The highest BCUT2D eigenvalue weighted by molar-refractivity contribution is 6.23. The van der Waals surface area contributed by atoms with Gasteiger partial charge in [-0.15, -0.1) is 0 Å². The van der Waals surface area contributed by atoms with E-state index in [0.717, 1.165) is 4.90 Å². The molecule has 2 fully saturated rings. The van der Waals surface area contributed by atoms with E-state index in [9.17, 15) is 19.7 Å². The van der Waals surface area contributed by atoms with Gasteiger partial charge in [-0.3, -0.25) is 19.7 Å². The van der Waals surface area contributed by atoms with Crippen LogP contribution in [0.25, 0.3) is 0 Å². The van der Waals surface area contributed by atoms with Crippen LogP contribution in [0.4, 0.5) is 11.4 Å². The van der Waals surface area contributed by atoms with Crippen LogP contribution >= 0.6 is 0 Å². The summed E-state index contributed by atoms with van der Waals surface area (Å²) in [5, 5.41) is 10.9. The first-order valence-electron chi connectivity index (χ1n) is 7.30. The number of carbonyl (C=O) groups excluding carboxylic acids is 2. The van der Waals surface area contributed by atoms with Gasteiger partial charge >= 0.3 is 0 Å². The number of fused-ring (bicyclic) bond motifs is 5. The van der Waals surface area contributed by atoms with Crippen LogP contribution in [-0.4, -0.2) is 27.9 Å². The maximum Gasteiger partial charge on any atom is 0.271 e. The van der Waals surface area contributed by atoms with Gasteiger partial charge in [0.1, 0.15) is 0 Å². The molecule has 0 radical (unpaired) electrons. The van der Waals surface area contributed by atoms with E-state index in [1.54, 1.807) is 13.8 Å². The molecule has 0 N–H and O–H groups in total. The summed E-state index contributed by atoms with van der Waals surface area (Å²) in [5.74, 6) is -1.92. The lowest BCUT2D eigenvalue weighted by Gasteiger charge is -2.25. The van der Waals surface area contributed by atoms with Crippen LogP contribution in [0.1, 0.15) is 13.8 Å². The number of imide groups is 1. The number of nitrogens with zero attached hydrogens (tertiary/aromatic N) is 2. The fourth-order valence-corrected chi connectivity index (χ4v) is 4.03. The van der Waals surface area contributed by atoms with Crippen molar-refractivity contribution in [3.05, 3.63) is 46.5 Å². The number of nitro benzene ring substituents is 1. The SMILES string of the molecule is C[C@@]12C=C[C@](C)(O1)[C@H]1C(=O)N(c3cccc([N+](=O)[O-])c3)C(=O)[C@H]12. The number of benzene rings is 1. The molecule has 4 atom stereocenters. The topological polar surface area (TPSA) is 89.8 Å². The first-order valence-corrected chi connectivity index (χ1v) is 7.30. The lowest BCUT2D eigenvalue weighted by atomic mass is 9.73. The minimum atomic E-state index is -0.804. The van der Waals surface area contributed by atoms with Crippen LogP contribution in [0.2, 0.25) is 0 Å². The van der Waals surface area contributed by atoms with Crippen molar-refractivity contribution < 1.29 is 19.2 Å². The minimum Gasteiger partial charge on any atom is -0.359 e. The molecule has 7 heteroatoms. The highest BCUT2D eigenvalue weighted by Gasteiger charge is 2.70. The summed E-state index contributed by atoms with van der Waals surface area (Å²) in [6.07, 6.45) is 3.66. The molecule has 118 valence electrons. The van der Waals surface area contributed by atoms with Crippen LogP contribution in [0.5, 0.6) is 0 Å². The quantitative estimate of drug-likeness (QED) is 0.359. The number of ether oxygens (including phenoxy) is 1. The molecule has 2 bridgehead atoms. The van der Waals surface area contributed by atoms with E-state index >= 15 is 0 Å². The van der Waals surface area contributed by atoms with Crippen molar-refractivity contribution in [1.82, 2.24) is 0 Å². The molecule has 0 aromatic heterocycles. The fraction of sp³-hybridized carbons (Fsp3) is 0.375. The Kier molecular flexibility index (Phi) is 2.48. The molecule has 7 nitrogen and oxygen atoms in total. The highest BCUT2D eigenvalue weighted by atomic mass is 16.6. The standard InChI is InChI=1S/C16H14N2O5/c1-15-6-7-16(2,23-15)12-11(15)13(19)17(14(12)20)9-4-3-5-10(8-9)18(21)22/h3-8,11-12H,1-2H3/t11-,12+,15-,16-/m0/s1. The van der Waals surface area contributed by atoms with E-state index in [2.05, 4.69) is 0 Å². The van der Waals surface area contributed by atoms with Crippen LogP contribution in [-0.2, 0) is 14.3 Å². The first-order chi connectivity index (χ1) is 10.8. The maximum absolute atomic E-state index is 12.8. The van der Waals surface area contributed by atoms with Crippen molar-refractivity contribution in [3.63, 3.8) is 0 Å². The van der Waals surface area contributed by atoms with Crippen LogP contribution in [0.3, 0.4) is 0 Å². The van der Waals surface area contributed by atoms with E-state index in [1.807, 2.05) is 12.2 Å². The van der Waals surface area contributed by atoms with Gasteiger partial charge in [-0.25, -0.2) is 4.90 Å². The normalized spacial score (nSPS) is 37.6. The zero-order valence-corrected chi connectivity index (χ0v) is 12.6. The van der Waals surface area contributed by atoms with E-state index in [-0.39, 0.29) is 23.2 Å². The average molecular weight is 314 g/mol. The molecule has 0 spiro atoms. The molecule has 3 aliphatic heterocycles. The van der Waals surface area contributed by atoms with Gasteiger partial charge in [0.25, 0.3) is 5.69 Å². The van der Waals surface area contributed by atoms with Crippen molar-refractivity contribution in [2.75, 3.05) is 4.90 Å². The molecular weight excluding hydrogens is 300 g/mol.